The van der Waals surface area contributed by atoms with Crippen LogP contribution in [0.1, 0.15) is 22.8 Å². The third-order valence-electron chi connectivity index (χ3n) is 1.87. The first kappa shape index (κ1) is 14.9. The molecule has 0 radical (unpaired) electrons. The smallest absolute Gasteiger partial charge is 0.335 e. The van der Waals surface area contributed by atoms with Gasteiger partial charge in [-0.3, -0.25) is 0 Å². The van der Waals surface area contributed by atoms with E-state index in [2.05, 4.69) is 10.2 Å². The van der Waals surface area contributed by atoms with E-state index in [9.17, 15) is 4.79 Å². The number of carbonyl (C=O) groups is 1. The number of nitrogens with zero attached hydrogens (tertiary/aromatic N) is 2. The molecule has 0 aliphatic heterocycles. The number of nitrogens with two attached hydrogens (primary N) is 2. The molecule has 0 saturated heterocycles. The van der Waals surface area contributed by atoms with Crippen molar-refractivity contribution >= 4 is 30.0 Å². The lowest BCUT2D eigenvalue weighted by Crippen LogP contribution is -2.22. The second-order valence-corrected chi connectivity index (χ2v) is 3.09. The molecule has 0 amide bonds. The summed E-state index contributed by atoms with van der Waals surface area (Å²) in [5.74, 6) is -1.09. The summed E-state index contributed by atoms with van der Waals surface area (Å²) >= 11 is 0. The third kappa shape index (κ3) is 4.52. The minimum absolute atomic E-state index is 0. The van der Waals surface area contributed by atoms with E-state index in [1.54, 1.807) is 19.1 Å². The molecule has 0 atom stereocenters. The maximum atomic E-state index is 10.6. The van der Waals surface area contributed by atoms with Crippen molar-refractivity contribution in [2.75, 3.05) is 0 Å². The topological polar surface area (TPSA) is 114 Å². The molecule has 0 heterocycles. The first-order chi connectivity index (χ1) is 7.50. The molecule has 6 nitrogen and oxygen atoms in total. The van der Waals surface area contributed by atoms with Crippen LogP contribution in [0.3, 0.4) is 0 Å². The Hall–Kier alpha value is -2.08. The first-order valence-electron chi connectivity index (χ1n) is 4.47. The van der Waals surface area contributed by atoms with E-state index in [1.807, 2.05) is 0 Å². The molecule has 7 heteroatoms. The van der Waals surface area contributed by atoms with Crippen LogP contribution in [0.15, 0.2) is 34.5 Å². The van der Waals surface area contributed by atoms with E-state index >= 15 is 0 Å². The lowest BCUT2D eigenvalue weighted by atomic mass is 10.1. The molecule has 1 aromatic rings. The maximum absolute atomic E-state index is 10.6. The fourth-order valence-corrected chi connectivity index (χ4v) is 1.04. The lowest BCUT2D eigenvalue weighted by Gasteiger charge is -1.99. The summed E-state index contributed by atoms with van der Waals surface area (Å²) in [6.45, 7) is 1.72. The Labute approximate surface area is 104 Å². The van der Waals surface area contributed by atoms with Gasteiger partial charge in [0.2, 0.25) is 5.96 Å². The highest BCUT2D eigenvalue weighted by atomic mass is 35.5. The van der Waals surface area contributed by atoms with Crippen LogP contribution >= 0.6 is 12.4 Å². The predicted octanol–water partition coefficient (Wildman–Crippen LogP) is 0.804. The maximum Gasteiger partial charge on any atom is 0.335 e. The Kier molecular flexibility index (Phi) is 5.70. The van der Waals surface area contributed by atoms with Crippen molar-refractivity contribution in [3.8, 4) is 0 Å². The molecule has 0 bridgehead atoms. The molecule has 0 aliphatic carbocycles. The average molecular weight is 257 g/mol. The monoisotopic (exact) mass is 256 g/mol. The van der Waals surface area contributed by atoms with Crippen LogP contribution in [-0.4, -0.2) is 22.7 Å². The van der Waals surface area contributed by atoms with E-state index in [1.165, 1.54) is 12.1 Å². The minimum Gasteiger partial charge on any atom is -0.478 e. The normalized spacial score (nSPS) is 10.3. The molecular formula is C10H13ClN4O2. The minimum atomic E-state index is -0.967. The fourth-order valence-electron chi connectivity index (χ4n) is 1.04. The Morgan fingerprint density at radius 2 is 1.59 bits per heavy atom. The van der Waals surface area contributed by atoms with Crippen LogP contribution in [0.5, 0.6) is 0 Å². The number of halogens is 1. The zero-order valence-electron chi connectivity index (χ0n) is 9.12. The molecule has 0 aliphatic rings. The summed E-state index contributed by atoms with van der Waals surface area (Å²) in [4.78, 5) is 10.6. The second-order valence-electron chi connectivity index (χ2n) is 3.09. The van der Waals surface area contributed by atoms with E-state index in [4.69, 9.17) is 16.6 Å². The van der Waals surface area contributed by atoms with Crippen molar-refractivity contribution in [2.24, 2.45) is 21.7 Å². The summed E-state index contributed by atoms with van der Waals surface area (Å²) in [7, 11) is 0. The van der Waals surface area contributed by atoms with Gasteiger partial charge in [-0.1, -0.05) is 12.1 Å². The summed E-state index contributed by atoms with van der Waals surface area (Å²) in [5, 5.41) is 16.0. The van der Waals surface area contributed by atoms with Crippen molar-refractivity contribution in [3.05, 3.63) is 35.4 Å². The van der Waals surface area contributed by atoms with E-state index in [-0.39, 0.29) is 23.9 Å². The molecule has 1 rings (SSSR count). The number of guanidine groups is 1. The number of rotatable bonds is 3. The summed E-state index contributed by atoms with van der Waals surface area (Å²) in [6, 6.07) is 6.27. The summed E-state index contributed by atoms with van der Waals surface area (Å²) in [5.41, 5.74) is 11.8. The highest BCUT2D eigenvalue weighted by Crippen LogP contribution is 2.06. The van der Waals surface area contributed by atoms with Gasteiger partial charge in [0.05, 0.1) is 11.3 Å². The highest BCUT2D eigenvalue weighted by molar-refractivity contribution is 5.99. The van der Waals surface area contributed by atoms with Gasteiger partial charge >= 0.3 is 5.97 Å². The van der Waals surface area contributed by atoms with Crippen LogP contribution in [-0.2, 0) is 0 Å². The molecule has 5 N–H and O–H groups in total. The summed E-state index contributed by atoms with van der Waals surface area (Å²) in [6.07, 6.45) is 0. The summed E-state index contributed by atoms with van der Waals surface area (Å²) < 4.78 is 0. The van der Waals surface area contributed by atoms with Crippen molar-refractivity contribution < 1.29 is 9.90 Å². The van der Waals surface area contributed by atoms with Crippen molar-refractivity contribution in [1.82, 2.24) is 0 Å². The van der Waals surface area contributed by atoms with E-state index < -0.39 is 5.97 Å². The number of carboxylic acids is 1. The molecule has 0 saturated carbocycles. The average Bonchev–Trinajstić information content (AvgIpc) is 2.26. The van der Waals surface area contributed by atoms with Crippen molar-refractivity contribution in [3.63, 3.8) is 0 Å². The van der Waals surface area contributed by atoms with Crippen LogP contribution in [0, 0.1) is 0 Å². The quantitative estimate of drug-likeness (QED) is 0.422. The molecule has 92 valence electrons. The van der Waals surface area contributed by atoms with Crippen molar-refractivity contribution in [1.29, 1.82) is 0 Å². The SMILES string of the molecule is CC(=NN=C(N)N)c1ccc(C(=O)O)cc1.Cl. The van der Waals surface area contributed by atoms with Gasteiger partial charge in [-0.15, -0.1) is 17.5 Å². The number of benzene rings is 1. The molecule has 1 aromatic carbocycles. The Balaban J connectivity index is 0.00000256. The molecule has 0 aromatic heterocycles. The molecule has 0 spiro atoms. The van der Waals surface area contributed by atoms with Gasteiger partial charge in [0, 0.05) is 0 Å². The number of carboxylic acid groups (broad SMARTS) is 1. The Morgan fingerprint density at radius 1 is 1.12 bits per heavy atom. The highest BCUT2D eigenvalue weighted by Gasteiger charge is 2.02. The van der Waals surface area contributed by atoms with E-state index in [0.29, 0.717) is 5.71 Å². The Bertz CT molecular complexity index is 450. The van der Waals surface area contributed by atoms with Crippen molar-refractivity contribution in [2.45, 2.75) is 6.92 Å². The molecule has 0 unspecified atom stereocenters. The van der Waals surface area contributed by atoms with Gasteiger partial charge in [-0.2, -0.15) is 5.10 Å². The molecular weight excluding hydrogens is 244 g/mol. The largest absolute Gasteiger partial charge is 0.478 e. The van der Waals surface area contributed by atoms with Gasteiger partial charge in [-0.25, -0.2) is 4.79 Å². The van der Waals surface area contributed by atoms with Crippen LogP contribution in [0.4, 0.5) is 0 Å². The fraction of sp³-hybridized carbons (Fsp3) is 0.100. The molecule has 0 fully saturated rings. The lowest BCUT2D eigenvalue weighted by molar-refractivity contribution is 0.0697. The van der Waals surface area contributed by atoms with Crippen LogP contribution in [0.2, 0.25) is 0 Å². The van der Waals surface area contributed by atoms with Gasteiger partial charge in [0.25, 0.3) is 0 Å². The zero-order valence-corrected chi connectivity index (χ0v) is 9.94. The zero-order chi connectivity index (χ0) is 12.1. The third-order valence-corrected chi connectivity index (χ3v) is 1.87. The van der Waals surface area contributed by atoms with Gasteiger partial charge in [-0.05, 0) is 24.6 Å². The van der Waals surface area contributed by atoms with Gasteiger partial charge < -0.3 is 16.6 Å². The van der Waals surface area contributed by atoms with Crippen LogP contribution < -0.4 is 11.5 Å². The number of hydrogen-bond donors (Lipinski definition) is 3. The standard InChI is InChI=1S/C10H12N4O2.ClH/c1-6(13-14-10(11)12)7-2-4-8(5-3-7)9(15)16;/h2-5H,1H3,(H,15,16)(H4,11,12,14);1H. The second kappa shape index (κ2) is 6.49. The van der Waals surface area contributed by atoms with Gasteiger partial charge in [0.15, 0.2) is 0 Å². The Morgan fingerprint density at radius 3 is 2.00 bits per heavy atom. The van der Waals surface area contributed by atoms with Gasteiger partial charge in [0.1, 0.15) is 0 Å². The van der Waals surface area contributed by atoms with Crippen LogP contribution in [0.25, 0.3) is 0 Å². The van der Waals surface area contributed by atoms with E-state index in [0.717, 1.165) is 5.56 Å². The number of hydrogen-bond acceptors (Lipinski definition) is 3. The number of aromatic carboxylic acids is 1. The molecule has 17 heavy (non-hydrogen) atoms. The first-order valence-corrected chi connectivity index (χ1v) is 4.47. The predicted molar refractivity (Wildman–Crippen MR) is 68.7 cm³/mol.